The Kier molecular flexibility index (Phi) is 6.25. The van der Waals surface area contributed by atoms with Crippen molar-refractivity contribution in [3.8, 4) is 33.6 Å². The van der Waals surface area contributed by atoms with Crippen molar-refractivity contribution in [2.75, 3.05) is 0 Å². The second-order valence-electron chi connectivity index (χ2n) is 13.6. The van der Waals surface area contributed by atoms with Crippen LogP contribution in [0.15, 0.2) is 176 Å². The summed E-state index contributed by atoms with van der Waals surface area (Å²) in [5, 5.41) is 12.0. The van der Waals surface area contributed by atoms with Crippen LogP contribution in [0.5, 0.6) is 0 Å². The maximum absolute atomic E-state index is 5.29. The van der Waals surface area contributed by atoms with Crippen LogP contribution in [0, 0.1) is 0 Å². The molecule has 0 saturated heterocycles. The van der Waals surface area contributed by atoms with E-state index < -0.39 is 0 Å². The van der Waals surface area contributed by atoms with E-state index in [1.807, 2.05) is 6.07 Å². The Labute approximate surface area is 299 Å². The smallest absolute Gasteiger partial charge is 0.0972 e. The first-order valence-corrected chi connectivity index (χ1v) is 17.7. The molecule has 0 unspecified atom stereocenters. The first-order chi connectivity index (χ1) is 25.7. The number of para-hydroxylation sites is 1. The minimum Gasteiger partial charge on any atom is -0.248 e. The van der Waals surface area contributed by atoms with Crippen LogP contribution < -0.4 is 0 Å². The van der Waals surface area contributed by atoms with Crippen LogP contribution in [0.1, 0.15) is 0 Å². The SMILES string of the molecule is c1ccc2nc3ccc(-c4ccc(-c5ccc6ccc7ccc(-c8ccc9c%10ccccc%10c%10ccccc%10c9c8)nc7c6n5)cc4)cc3cc2c1. The molecule has 8 aromatic carbocycles. The summed E-state index contributed by atoms with van der Waals surface area (Å²) >= 11 is 0. The molecule has 0 saturated carbocycles. The number of fused-ring (bicyclic) bond motifs is 11. The van der Waals surface area contributed by atoms with Gasteiger partial charge < -0.3 is 0 Å². The van der Waals surface area contributed by atoms with E-state index in [0.717, 1.165) is 71.7 Å². The molecule has 0 radical (unpaired) electrons. The summed E-state index contributed by atoms with van der Waals surface area (Å²) in [6.07, 6.45) is 0. The van der Waals surface area contributed by atoms with Crippen LogP contribution in [0.3, 0.4) is 0 Å². The van der Waals surface area contributed by atoms with E-state index in [2.05, 4.69) is 170 Å². The Morgan fingerprint density at radius 2 is 0.750 bits per heavy atom. The number of benzene rings is 8. The lowest BCUT2D eigenvalue weighted by Gasteiger charge is -2.12. The van der Waals surface area contributed by atoms with Crippen molar-refractivity contribution in [1.82, 2.24) is 15.0 Å². The number of rotatable bonds is 3. The van der Waals surface area contributed by atoms with Crippen molar-refractivity contribution in [3.05, 3.63) is 176 Å². The van der Waals surface area contributed by atoms with Gasteiger partial charge in [-0.15, -0.1) is 0 Å². The molecular formula is C49H29N3. The average Bonchev–Trinajstić information content (AvgIpc) is 3.22. The summed E-state index contributed by atoms with van der Waals surface area (Å²) in [7, 11) is 0. The molecule has 52 heavy (non-hydrogen) atoms. The van der Waals surface area contributed by atoms with E-state index in [9.17, 15) is 0 Å². The van der Waals surface area contributed by atoms with Gasteiger partial charge in [-0.1, -0.05) is 133 Å². The Bertz CT molecular complexity index is 3200. The maximum Gasteiger partial charge on any atom is 0.0972 e. The molecule has 0 bridgehead atoms. The standard InChI is InChI=1S/C49H29N3/c1-6-12-44-35(7-1)28-37-27-34(22-26-47(37)50-44)30-13-15-31(16-14-30)45-24-20-32-17-18-33-21-25-46(52-49(33)48(32)51-45)36-19-23-42-40-10-3-2-8-38(40)39-9-4-5-11-41(39)43(42)29-36/h1-29H. The molecule has 0 fully saturated rings. The van der Waals surface area contributed by atoms with Crippen molar-refractivity contribution >= 4 is 75.9 Å². The van der Waals surface area contributed by atoms with E-state index in [-0.39, 0.29) is 0 Å². The van der Waals surface area contributed by atoms with Crippen molar-refractivity contribution in [3.63, 3.8) is 0 Å². The van der Waals surface area contributed by atoms with Gasteiger partial charge in [-0.2, -0.15) is 0 Å². The van der Waals surface area contributed by atoms with Gasteiger partial charge in [0.2, 0.25) is 0 Å². The molecule has 11 aromatic rings. The first-order valence-electron chi connectivity index (χ1n) is 17.7. The number of aromatic nitrogens is 3. The van der Waals surface area contributed by atoms with Gasteiger partial charge in [-0.25, -0.2) is 15.0 Å². The van der Waals surface area contributed by atoms with Crippen molar-refractivity contribution < 1.29 is 0 Å². The van der Waals surface area contributed by atoms with Crippen LogP contribution in [0.25, 0.3) is 110 Å². The molecule has 0 aliphatic rings. The maximum atomic E-state index is 5.29. The van der Waals surface area contributed by atoms with Gasteiger partial charge in [0.25, 0.3) is 0 Å². The minimum absolute atomic E-state index is 0.910. The molecule has 0 spiro atoms. The third-order valence-corrected chi connectivity index (χ3v) is 10.6. The fourth-order valence-electron chi connectivity index (χ4n) is 7.95. The second-order valence-corrected chi connectivity index (χ2v) is 13.6. The normalized spacial score (nSPS) is 11.8. The lowest BCUT2D eigenvalue weighted by Crippen LogP contribution is -1.91. The summed E-state index contributed by atoms with van der Waals surface area (Å²) in [4.78, 5) is 15.4. The second kappa shape index (κ2) is 11.3. The van der Waals surface area contributed by atoms with Crippen molar-refractivity contribution in [2.24, 2.45) is 0 Å². The summed E-state index contributed by atoms with van der Waals surface area (Å²) in [6.45, 7) is 0. The average molecular weight is 660 g/mol. The van der Waals surface area contributed by atoms with Crippen molar-refractivity contribution in [1.29, 1.82) is 0 Å². The zero-order chi connectivity index (χ0) is 34.2. The predicted octanol–water partition coefficient (Wildman–Crippen LogP) is 12.9. The number of pyridine rings is 3. The summed E-state index contributed by atoms with van der Waals surface area (Å²) in [6, 6.07) is 62.7. The number of nitrogens with zero attached hydrogens (tertiary/aromatic N) is 3. The van der Waals surface area contributed by atoms with Crippen LogP contribution in [-0.4, -0.2) is 15.0 Å². The van der Waals surface area contributed by atoms with E-state index in [4.69, 9.17) is 15.0 Å². The minimum atomic E-state index is 0.910. The molecule has 11 rings (SSSR count). The summed E-state index contributed by atoms with van der Waals surface area (Å²) in [5.74, 6) is 0. The van der Waals surface area contributed by atoms with Crippen LogP contribution in [-0.2, 0) is 0 Å². The predicted molar refractivity (Wildman–Crippen MR) is 219 cm³/mol. The van der Waals surface area contributed by atoms with Crippen molar-refractivity contribution in [2.45, 2.75) is 0 Å². The molecule has 0 aliphatic carbocycles. The molecule has 3 aromatic heterocycles. The van der Waals surface area contributed by atoms with Gasteiger partial charge in [-0.3, -0.25) is 0 Å². The van der Waals surface area contributed by atoms with Gasteiger partial charge >= 0.3 is 0 Å². The number of hydrogen-bond donors (Lipinski definition) is 0. The fourth-order valence-corrected chi connectivity index (χ4v) is 7.95. The summed E-state index contributed by atoms with van der Waals surface area (Å²) in [5.41, 5.74) is 10.2. The lowest BCUT2D eigenvalue weighted by molar-refractivity contribution is 1.37. The Morgan fingerprint density at radius 1 is 0.250 bits per heavy atom. The van der Waals surface area contributed by atoms with Gasteiger partial charge in [0.05, 0.1) is 33.5 Å². The Morgan fingerprint density at radius 3 is 1.44 bits per heavy atom. The van der Waals surface area contributed by atoms with Gasteiger partial charge in [0, 0.05) is 32.7 Å². The number of hydrogen-bond acceptors (Lipinski definition) is 3. The third-order valence-electron chi connectivity index (χ3n) is 10.6. The highest BCUT2D eigenvalue weighted by Gasteiger charge is 2.13. The van der Waals surface area contributed by atoms with Gasteiger partial charge in [0.15, 0.2) is 0 Å². The molecule has 3 nitrogen and oxygen atoms in total. The Balaban J connectivity index is 0.988. The molecule has 3 heterocycles. The third kappa shape index (κ3) is 4.57. The quantitative estimate of drug-likeness (QED) is 0.140. The molecule has 0 atom stereocenters. The van der Waals surface area contributed by atoms with Crippen LogP contribution >= 0.6 is 0 Å². The molecule has 0 N–H and O–H groups in total. The molecule has 0 amide bonds. The van der Waals surface area contributed by atoms with Gasteiger partial charge in [0.1, 0.15) is 0 Å². The zero-order valence-electron chi connectivity index (χ0n) is 28.1. The zero-order valence-corrected chi connectivity index (χ0v) is 28.1. The van der Waals surface area contributed by atoms with E-state index in [1.165, 1.54) is 37.9 Å². The topological polar surface area (TPSA) is 38.7 Å². The Hall–Kier alpha value is -6.97. The largest absolute Gasteiger partial charge is 0.248 e. The monoisotopic (exact) mass is 659 g/mol. The first kappa shape index (κ1) is 28.8. The van der Waals surface area contributed by atoms with E-state index in [0.29, 0.717) is 0 Å². The molecular weight excluding hydrogens is 631 g/mol. The molecule has 3 heteroatoms. The highest BCUT2D eigenvalue weighted by Crippen LogP contribution is 2.38. The highest BCUT2D eigenvalue weighted by atomic mass is 14.8. The highest BCUT2D eigenvalue weighted by molar-refractivity contribution is 6.25. The molecule has 0 aliphatic heterocycles. The fraction of sp³-hybridized carbons (Fsp3) is 0. The van der Waals surface area contributed by atoms with Crippen LogP contribution in [0.4, 0.5) is 0 Å². The van der Waals surface area contributed by atoms with E-state index in [1.54, 1.807) is 0 Å². The van der Waals surface area contributed by atoms with Gasteiger partial charge in [-0.05, 0) is 85.9 Å². The van der Waals surface area contributed by atoms with E-state index >= 15 is 0 Å². The molecule has 240 valence electrons. The lowest BCUT2D eigenvalue weighted by atomic mass is 9.93. The van der Waals surface area contributed by atoms with Crippen LogP contribution in [0.2, 0.25) is 0 Å². The summed E-state index contributed by atoms with van der Waals surface area (Å²) < 4.78 is 0.